The third-order valence-corrected chi connectivity index (χ3v) is 3.67. The van der Waals surface area contributed by atoms with Crippen molar-refractivity contribution in [3.8, 4) is 0 Å². The van der Waals surface area contributed by atoms with Crippen LogP contribution in [0.1, 0.15) is 43.0 Å². The van der Waals surface area contributed by atoms with Gasteiger partial charge < -0.3 is 9.68 Å². The Morgan fingerprint density at radius 1 is 0.962 bits per heavy atom. The second-order valence-electron chi connectivity index (χ2n) is 5.80. The largest absolute Gasteiger partial charge is 0.399 e. The molecule has 0 atom stereocenters. The minimum atomic E-state index is 0.416. The normalized spacial score (nSPS) is 12.0. The number of hydrogen-bond donors (Lipinski definition) is 0. The lowest BCUT2D eigenvalue weighted by molar-refractivity contribution is 0.150. The summed E-state index contributed by atoms with van der Waals surface area (Å²) in [5, 5.41) is 8.03. The van der Waals surface area contributed by atoms with Crippen molar-refractivity contribution in [2.24, 2.45) is 10.3 Å². The Kier molecular flexibility index (Phi) is 7.02. The molecule has 0 amide bonds. The molecular formula is C20H24N4O2. The molecule has 2 aromatic heterocycles. The Hall–Kier alpha value is -3.02. The molecule has 6 nitrogen and oxygen atoms in total. The van der Waals surface area contributed by atoms with Crippen LogP contribution in [0.15, 0.2) is 53.3 Å². The van der Waals surface area contributed by atoms with E-state index in [1.165, 1.54) is 7.11 Å². The van der Waals surface area contributed by atoms with E-state index in [2.05, 4.69) is 26.9 Å². The first-order valence-corrected chi connectivity index (χ1v) is 8.35. The molecule has 0 aliphatic rings. The van der Waals surface area contributed by atoms with Gasteiger partial charge in [-0.3, -0.25) is 4.98 Å². The number of oxime groups is 2. The lowest BCUT2D eigenvalue weighted by Crippen LogP contribution is -2.03. The van der Waals surface area contributed by atoms with E-state index in [1.807, 2.05) is 57.2 Å². The summed E-state index contributed by atoms with van der Waals surface area (Å²) in [6.07, 6.45) is 0.620. The van der Waals surface area contributed by atoms with E-state index in [4.69, 9.17) is 9.68 Å². The zero-order chi connectivity index (χ0) is 18.9. The van der Waals surface area contributed by atoms with Crippen LogP contribution in [0.5, 0.6) is 0 Å². The highest BCUT2D eigenvalue weighted by Gasteiger charge is 2.06. The highest BCUT2D eigenvalue weighted by atomic mass is 16.6. The number of pyridine rings is 2. The van der Waals surface area contributed by atoms with Gasteiger partial charge in [0.25, 0.3) is 0 Å². The standard InChI is InChI=1S/C20H24N4O2/c1-14(18-9-7-11-20(22-18)16(3)23-25-5)12-13-26-24-17(4)19-10-6-8-15(2)21-19/h6-11H,1,12-13H2,2-5H3/b23-16-,24-17-. The zero-order valence-electron chi connectivity index (χ0n) is 15.7. The number of hydrogen-bond acceptors (Lipinski definition) is 6. The third kappa shape index (κ3) is 5.51. The van der Waals surface area contributed by atoms with Crippen molar-refractivity contribution in [2.45, 2.75) is 27.2 Å². The van der Waals surface area contributed by atoms with Crippen LogP contribution >= 0.6 is 0 Å². The molecule has 0 fully saturated rings. The zero-order valence-corrected chi connectivity index (χ0v) is 15.7. The van der Waals surface area contributed by atoms with Crippen molar-refractivity contribution in [1.29, 1.82) is 0 Å². The van der Waals surface area contributed by atoms with Crippen LogP contribution in [0, 0.1) is 6.92 Å². The summed E-state index contributed by atoms with van der Waals surface area (Å²) >= 11 is 0. The van der Waals surface area contributed by atoms with Crippen molar-refractivity contribution in [2.75, 3.05) is 13.7 Å². The van der Waals surface area contributed by atoms with Gasteiger partial charge in [-0.1, -0.05) is 29.0 Å². The summed E-state index contributed by atoms with van der Waals surface area (Å²) in [5.41, 5.74) is 5.65. The molecule has 0 saturated carbocycles. The van der Waals surface area contributed by atoms with Crippen LogP contribution in [-0.2, 0) is 9.68 Å². The van der Waals surface area contributed by atoms with E-state index in [1.54, 1.807) is 0 Å². The highest BCUT2D eigenvalue weighted by molar-refractivity contribution is 5.97. The fourth-order valence-corrected chi connectivity index (χ4v) is 2.25. The molecular weight excluding hydrogens is 328 g/mol. The summed E-state index contributed by atoms with van der Waals surface area (Å²) in [6, 6.07) is 11.5. The molecule has 2 aromatic rings. The van der Waals surface area contributed by atoms with E-state index >= 15 is 0 Å². The Morgan fingerprint density at radius 3 is 2.27 bits per heavy atom. The van der Waals surface area contributed by atoms with E-state index in [9.17, 15) is 0 Å². The second kappa shape index (κ2) is 9.46. The first kappa shape index (κ1) is 19.3. The van der Waals surface area contributed by atoms with Crippen molar-refractivity contribution >= 4 is 17.0 Å². The van der Waals surface area contributed by atoms with Crippen LogP contribution in [-0.4, -0.2) is 35.1 Å². The second-order valence-corrected chi connectivity index (χ2v) is 5.80. The van der Waals surface area contributed by atoms with E-state index in [0.29, 0.717) is 18.7 Å². The van der Waals surface area contributed by atoms with Crippen LogP contribution in [0.25, 0.3) is 5.57 Å². The van der Waals surface area contributed by atoms with Crippen molar-refractivity contribution in [1.82, 2.24) is 9.97 Å². The summed E-state index contributed by atoms with van der Waals surface area (Å²) in [5.74, 6) is 0. The molecule has 2 heterocycles. The van der Waals surface area contributed by atoms with E-state index < -0.39 is 0 Å². The molecule has 0 aliphatic heterocycles. The van der Waals surface area contributed by atoms with E-state index in [-0.39, 0.29) is 0 Å². The molecule has 0 saturated heterocycles. The van der Waals surface area contributed by atoms with Gasteiger partial charge in [0.15, 0.2) is 0 Å². The summed E-state index contributed by atoms with van der Waals surface area (Å²) < 4.78 is 0. The van der Waals surface area contributed by atoms with Gasteiger partial charge in [0.1, 0.15) is 25.1 Å². The van der Waals surface area contributed by atoms with Crippen LogP contribution in [0.2, 0.25) is 0 Å². The maximum absolute atomic E-state index is 5.41. The number of aromatic nitrogens is 2. The average molecular weight is 352 g/mol. The molecule has 6 heteroatoms. The third-order valence-electron chi connectivity index (χ3n) is 3.67. The summed E-state index contributed by atoms with van der Waals surface area (Å²) in [4.78, 5) is 19.2. The topological polar surface area (TPSA) is 69.0 Å². The molecule has 0 aliphatic carbocycles. The van der Waals surface area contributed by atoms with E-state index in [0.717, 1.165) is 34.1 Å². The van der Waals surface area contributed by atoms with Gasteiger partial charge >= 0.3 is 0 Å². The predicted molar refractivity (Wildman–Crippen MR) is 104 cm³/mol. The minimum absolute atomic E-state index is 0.416. The molecule has 0 unspecified atom stereocenters. The van der Waals surface area contributed by atoms with Gasteiger partial charge in [0.2, 0.25) is 0 Å². The molecule has 2 rings (SSSR count). The Labute approximate surface area is 154 Å². The quantitative estimate of drug-likeness (QED) is 0.409. The number of aryl methyl sites for hydroxylation is 1. The number of rotatable bonds is 8. The van der Waals surface area contributed by atoms with Crippen molar-refractivity contribution in [3.05, 3.63) is 65.8 Å². The fraction of sp³-hybridized carbons (Fsp3) is 0.300. The molecule has 0 aromatic carbocycles. The van der Waals surface area contributed by atoms with Crippen LogP contribution in [0.4, 0.5) is 0 Å². The lowest BCUT2D eigenvalue weighted by atomic mass is 10.1. The maximum Gasteiger partial charge on any atom is 0.121 e. The lowest BCUT2D eigenvalue weighted by Gasteiger charge is -2.07. The minimum Gasteiger partial charge on any atom is -0.399 e. The van der Waals surface area contributed by atoms with Gasteiger partial charge in [-0.25, -0.2) is 4.98 Å². The van der Waals surface area contributed by atoms with Crippen molar-refractivity contribution < 1.29 is 9.68 Å². The van der Waals surface area contributed by atoms with Gasteiger partial charge in [-0.05, 0) is 50.6 Å². The first-order valence-electron chi connectivity index (χ1n) is 8.35. The predicted octanol–water partition coefficient (Wildman–Crippen LogP) is 4.00. The average Bonchev–Trinajstić information content (AvgIpc) is 2.65. The molecule has 0 spiro atoms. The fourth-order valence-electron chi connectivity index (χ4n) is 2.25. The molecule has 26 heavy (non-hydrogen) atoms. The molecule has 136 valence electrons. The van der Waals surface area contributed by atoms with Gasteiger partial charge in [-0.2, -0.15) is 0 Å². The number of nitrogens with zero attached hydrogens (tertiary/aromatic N) is 4. The molecule has 0 bridgehead atoms. The van der Waals surface area contributed by atoms with Crippen LogP contribution < -0.4 is 0 Å². The van der Waals surface area contributed by atoms with Crippen molar-refractivity contribution in [3.63, 3.8) is 0 Å². The highest BCUT2D eigenvalue weighted by Crippen LogP contribution is 2.15. The Bertz CT molecular complexity index is 828. The smallest absolute Gasteiger partial charge is 0.121 e. The molecule has 0 N–H and O–H groups in total. The summed E-state index contributed by atoms with van der Waals surface area (Å²) in [7, 11) is 1.51. The van der Waals surface area contributed by atoms with Gasteiger partial charge in [0, 0.05) is 12.1 Å². The SMILES string of the molecule is C=C(CCO/N=C(/C)c1cccc(C)n1)c1cccc(/C(C)=N\OC)n1. The monoisotopic (exact) mass is 352 g/mol. The Balaban J connectivity index is 1.92. The first-order chi connectivity index (χ1) is 12.5. The summed E-state index contributed by atoms with van der Waals surface area (Å²) in [6.45, 7) is 10.2. The maximum atomic E-state index is 5.41. The van der Waals surface area contributed by atoms with Crippen LogP contribution in [0.3, 0.4) is 0 Å². The molecule has 0 radical (unpaired) electrons. The van der Waals surface area contributed by atoms with Gasteiger partial charge in [-0.15, -0.1) is 0 Å². The Morgan fingerprint density at radius 2 is 1.58 bits per heavy atom. The van der Waals surface area contributed by atoms with Gasteiger partial charge in [0.05, 0.1) is 17.1 Å².